The van der Waals surface area contributed by atoms with E-state index in [0.29, 0.717) is 30.8 Å². The maximum Gasteiger partial charge on any atom is 0.410 e. The summed E-state index contributed by atoms with van der Waals surface area (Å²) in [5, 5.41) is 0. The molecule has 2 heterocycles. The summed E-state index contributed by atoms with van der Waals surface area (Å²) in [5.41, 5.74) is 1.78. The van der Waals surface area contributed by atoms with Crippen LogP contribution in [0.15, 0.2) is 24.4 Å². The van der Waals surface area contributed by atoms with Crippen LogP contribution in [-0.4, -0.2) is 34.7 Å². The quantitative estimate of drug-likeness (QED) is 0.836. The second-order valence-corrected chi connectivity index (χ2v) is 6.05. The SMILES string of the molecule is CC(C)(C)OC(=O)N1CC=C(c2ncccc2CF)CC1. The number of carbonyl (C=O) groups excluding carboxylic acids is 1. The van der Waals surface area contributed by atoms with Gasteiger partial charge in [-0.3, -0.25) is 4.98 Å². The molecule has 0 atom stereocenters. The summed E-state index contributed by atoms with van der Waals surface area (Å²) in [6.07, 6.45) is 3.93. The normalized spacial score (nSPS) is 15.6. The van der Waals surface area contributed by atoms with Gasteiger partial charge in [0.1, 0.15) is 12.3 Å². The topological polar surface area (TPSA) is 42.4 Å². The van der Waals surface area contributed by atoms with Crippen LogP contribution in [0.5, 0.6) is 0 Å². The molecule has 1 aliphatic heterocycles. The molecule has 5 heteroatoms. The number of ether oxygens (including phenoxy) is 1. The minimum absolute atomic E-state index is 0.315. The molecule has 0 N–H and O–H groups in total. The van der Waals surface area contributed by atoms with E-state index in [-0.39, 0.29) is 6.09 Å². The van der Waals surface area contributed by atoms with Crippen molar-refractivity contribution in [2.45, 2.75) is 39.5 Å². The number of rotatable bonds is 2. The fourth-order valence-electron chi connectivity index (χ4n) is 2.21. The van der Waals surface area contributed by atoms with Gasteiger partial charge in [0.05, 0.1) is 5.69 Å². The van der Waals surface area contributed by atoms with Crippen LogP contribution in [0.3, 0.4) is 0 Å². The number of aromatic nitrogens is 1. The summed E-state index contributed by atoms with van der Waals surface area (Å²) in [7, 11) is 0. The molecule has 0 saturated carbocycles. The Morgan fingerprint density at radius 2 is 2.24 bits per heavy atom. The van der Waals surface area contributed by atoms with Crippen molar-refractivity contribution in [2.24, 2.45) is 0 Å². The molecule has 0 bridgehead atoms. The van der Waals surface area contributed by atoms with Crippen molar-refractivity contribution >= 4 is 11.7 Å². The Morgan fingerprint density at radius 1 is 1.48 bits per heavy atom. The van der Waals surface area contributed by atoms with Crippen molar-refractivity contribution in [1.29, 1.82) is 0 Å². The van der Waals surface area contributed by atoms with Gasteiger partial charge in [0.25, 0.3) is 0 Å². The van der Waals surface area contributed by atoms with Crippen molar-refractivity contribution in [3.63, 3.8) is 0 Å². The minimum Gasteiger partial charge on any atom is -0.444 e. The molecule has 1 aromatic rings. The number of amides is 1. The Labute approximate surface area is 124 Å². The average Bonchev–Trinajstić information content (AvgIpc) is 2.45. The number of pyridine rings is 1. The third kappa shape index (κ3) is 4.03. The van der Waals surface area contributed by atoms with Crippen molar-refractivity contribution in [2.75, 3.05) is 13.1 Å². The molecular weight excluding hydrogens is 271 g/mol. The smallest absolute Gasteiger partial charge is 0.410 e. The molecule has 1 amide bonds. The van der Waals surface area contributed by atoms with Crippen molar-refractivity contribution in [1.82, 2.24) is 9.88 Å². The highest BCUT2D eigenvalue weighted by atomic mass is 19.1. The van der Waals surface area contributed by atoms with E-state index >= 15 is 0 Å². The molecule has 0 aromatic carbocycles. The molecule has 1 aromatic heterocycles. The van der Waals surface area contributed by atoms with Crippen LogP contribution in [-0.2, 0) is 11.4 Å². The van der Waals surface area contributed by atoms with Crippen molar-refractivity contribution in [3.05, 3.63) is 35.7 Å². The van der Waals surface area contributed by atoms with Gasteiger partial charge in [0, 0.05) is 24.8 Å². The van der Waals surface area contributed by atoms with Gasteiger partial charge >= 0.3 is 6.09 Å². The lowest BCUT2D eigenvalue weighted by Gasteiger charge is -2.29. The van der Waals surface area contributed by atoms with E-state index in [1.54, 1.807) is 23.2 Å². The summed E-state index contributed by atoms with van der Waals surface area (Å²) in [6, 6.07) is 3.47. The van der Waals surface area contributed by atoms with Crippen LogP contribution in [0.2, 0.25) is 0 Å². The lowest BCUT2D eigenvalue weighted by Crippen LogP contribution is -2.39. The van der Waals surface area contributed by atoms with E-state index in [2.05, 4.69) is 4.98 Å². The standard InChI is InChI=1S/C16H21FN2O2/c1-16(2,3)21-15(20)19-9-6-12(7-10-19)14-13(11-17)5-4-8-18-14/h4-6,8H,7,9-11H2,1-3H3. The van der Waals surface area contributed by atoms with E-state index in [1.807, 2.05) is 26.8 Å². The third-order valence-corrected chi connectivity index (χ3v) is 3.20. The van der Waals surface area contributed by atoms with Crippen LogP contribution in [0.4, 0.5) is 9.18 Å². The first-order valence-electron chi connectivity index (χ1n) is 7.08. The second-order valence-electron chi connectivity index (χ2n) is 6.05. The second kappa shape index (κ2) is 6.24. The van der Waals surface area contributed by atoms with E-state index in [0.717, 1.165) is 5.57 Å². The highest BCUT2D eigenvalue weighted by Gasteiger charge is 2.24. The monoisotopic (exact) mass is 292 g/mol. The molecule has 1 aliphatic rings. The Balaban J connectivity index is 2.07. The molecule has 0 saturated heterocycles. The number of nitrogens with zero attached hydrogens (tertiary/aromatic N) is 2. The summed E-state index contributed by atoms with van der Waals surface area (Å²) in [6.45, 7) is 6.03. The Bertz CT molecular complexity index is 549. The Morgan fingerprint density at radius 3 is 2.81 bits per heavy atom. The predicted molar refractivity (Wildman–Crippen MR) is 79.5 cm³/mol. The van der Waals surface area contributed by atoms with E-state index in [9.17, 15) is 9.18 Å². The van der Waals surface area contributed by atoms with Gasteiger partial charge in [0.2, 0.25) is 0 Å². The van der Waals surface area contributed by atoms with E-state index < -0.39 is 12.3 Å². The first-order chi connectivity index (χ1) is 9.90. The zero-order valence-electron chi connectivity index (χ0n) is 12.7. The van der Waals surface area contributed by atoms with Crippen LogP contribution in [0, 0.1) is 0 Å². The molecule has 21 heavy (non-hydrogen) atoms. The lowest BCUT2D eigenvalue weighted by atomic mass is 10.0. The average molecular weight is 292 g/mol. The van der Waals surface area contributed by atoms with Crippen molar-refractivity contribution < 1.29 is 13.9 Å². The number of alkyl halides is 1. The molecule has 114 valence electrons. The van der Waals surface area contributed by atoms with Crippen LogP contribution in [0.25, 0.3) is 5.57 Å². The van der Waals surface area contributed by atoms with E-state index in [1.165, 1.54) is 0 Å². The highest BCUT2D eigenvalue weighted by Crippen LogP contribution is 2.25. The summed E-state index contributed by atoms with van der Waals surface area (Å²) in [5.74, 6) is 0. The largest absolute Gasteiger partial charge is 0.444 e. The predicted octanol–water partition coefficient (Wildman–Crippen LogP) is 3.58. The summed E-state index contributed by atoms with van der Waals surface area (Å²) in [4.78, 5) is 17.9. The first kappa shape index (κ1) is 15.5. The van der Waals surface area contributed by atoms with Gasteiger partial charge < -0.3 is 9.64 Å². The first-order valence-corrected chi connectivity index (χ1v) is 7.08. The zero-order chi connectivity index (χ0) is 15.5. The third-order valence-electron chi connectivity index (χ3n) is 3.20. The molecule has 0 aliphatic carbocycles. The van der Waals surface area contributed by atoms with Gasteiger partial charge in [-0.05, 0) is 38.8 Å². The van der Waals surface area contributed by atoms with Gasteiger partial charge in [-0.1, -0.05) is 12.1 Å². The molecule has 4 nitrogen and oxygen atoms in total. The van der Waals surface area contributed by atoms with Gasteiger partial charge in [-0.15, -0.1) is 0 Å². The van der Waals surface area contributed by atoms with Crippen LogP contribution >= 0.6 is 0 Å². The minimum atomic E-state index is -0.531. The molecule has 0 spiro atoms. The highest BCUT2D eigenvalue weighted by molar-refractivity contribution is 5.72. The Hall–Kier alpha value is -1.91. The number of hydrogen-bond donors (Lipinski definition) is 0. The zero-order valence-corrected chi connectivity index (χ0v) is 12.7. The number of hydrogen-bond acceptors (Lipinski definition) is 3. The molecular formula is C16H21FN2O2. The van der Waals surface area contributed by atoms with Crippen molar-refractivity contribution in [3.8, 4) is 0 Å². The lowest BCUT2D eigenvalue weighted by molar-refractivity contribution is 0.0270. The molecule has 2 rings (SSSR count). The van der Waals surface area contributed by atoms with E-state index in [4.69, 9.17) is 4.74 Å². The summed E-state index contributed by atoms with van der Waals surface area (Å²) >= 11 is 0. The Kier molecular flexibility index (Phi) is 4.60. The molecule has 0 unspecified atom stereocenters. The van der Waals surface area contributed by atoms with Gasteiger partial charge in [-0.25, -0.2) is 9.18 Å². The summed E-state index contributed by atoms with van der Waals surface area (Å²) < 4.78 is 18.3. The van der Waals surface area contributed by atoms with Gasteiger partial charge in [-0.2, -0.15) is 0 Å². The fraction of sp³-hybridized carbons (Fsp3) is 0.500. The fourth-order valence-corrected chi connectivity index (χ4v) is 2.21. The number of carbonyl (C=O) groups is 1. The van der Waals surface area contributed by atoms with Crippen LogP contribution in [0.1, 0.15) is 38.4 Å². The maximum atomic E-state index is 13.0. The molecule has 0 radical (unpaired) electrons. The van der Waals surface area contributed by atoms with Gasteiger partial charge in [0.15, 0.2) is 0 Å². The molecule has 0 fully saturated rings. The number of halogens is 1. The van der Waals surface area contributed by atoms with Crippen LogP contribution < -0.4 is 0 Å². The maximum absolute atomic E-state index is 13.0.